The van der Waals surface area contributed by atoms with Crippen LogP contribution < -0.4 is 5.32 Å². The first kappa shape index (κ1) is 7.40. The maximum Gasteiger partial charge on any atom is 0.392 e. The zero-order chi connectivity index (χ0) is 8.06. The molecule has 0 aromatic rings. The molecule has 0 aromatic heterocycles. The van der Waals surface area contributed by atoms with Crippen molar-refractivity contribution in [2.24, 2.45) is 17.8 Å². The number of rotatable bonds is 0. The largest absolute Gasteiger partial charge is 0.392 e. The Morgan fingerprint density at radius 1 is 1.18 bits per heavy atom. The second-order valence-corrected chi connectivity index (χ2v) is 3.39. The molecule has 2 aliphatic rings. The molecule has 0 spiro atoms. The molecule has 1 saturated carbocycles. The number of hydrogen-bond acceptors (Lipinski definition) is 1. The van der Waals surface area contributed by atoms with Gasteiger partial charge in [-0.05, 0) is 31.3 Å². The molecule has 1 aliphatic heterocycles. The Labute approximate surface area is 63.0 Å². The molecule has 1 aliphatic carbocycles. The number of piperidine rings is 1. The lowest BCUT2D eigenvalue weighted by molar-refractivity contribution is -0.153. The predicted molar refractivity (Wildman–Crippen MR) is 34.0 cm³/mol. The maximum atomic E-state index is 12.1. The van der Waals surface area contributed by atoms with Crippen LogP contribution in [0.5, 0.6) is 0 Å². The van der Waals surface area contributed by atoms with E-state index >= 15 is 0 Å². The van der Waals surface area contributed by atoms with Gasteiger partial charge in [0.1, 0.15) is 0 Å². The molecule has 1 nitrogen and oxygen atoms in total. The van der Waals surface area contributed by atoms with Gasteiger partial charge in [-0.25, -0.2) is 0 Å². The van der Waals surface area contributed by atoms with Crippen LogP contribution >= 0.6 is 0 Å². The Morgan fingerprint density at radius 3 is 2.36 bits per heavy atom. The van der Waals surface area contributed by atoms with Crippen LogP contribution in [0, 0.1) is 17.8 Å². The Balaban J connectivity index is 2.00. The Kier molecular flexibility index (Phi) is 1.43. The van der Waals surface area contributed by atoms with Crippen molar-refractivity contribution < 1.29 is 13.2 Å². The number of hydrogen-bond donors (Lipinski definition) is 1. The number of fused-ring (bicyclic) bond motifs is 1. The molecule has 0 radical (unpaired) electrons. The van der Waals surface area contributed by atoms with Crippen molar-refractivity contribution in [3.63, 3.8) is 0 Å². The summed E-state index contributed by atoms with van der Waals surface area (Å²) < 4.78 is 36.3. The fourth-order valence-electron chi connectivity index (χ4n) is 2.14. The zero-order valence-corrected chi connectivity index (χ0v) is 5.99. The van der Waals surface area contributed by atoms with E-state index in [-0.39, 0.29) is 11.8 Å². The van der Waals surface area contributed by atoms with Crippen molar-refractivity contribution in [1.29, 1.82) is 0 Å². The standard InChI is InChI=1S/C7H10F3N/c8-7(9,10)6-4-1-2-11-3-5(4)6/h4-6,11H,1-3H2/t4-,5-,6-/m1/s1. The van der Waals surface area contributed by atoms with Gasteiger partial charge in [-0.2, -0.15) is 13.2 Å². The molecule has 2 fully saturated rings. The number of alkyl halides is 3. The third-order valence-electron chi connectivity index (χ3n) is 2.74. The fraction of sp³-hybridized carbons (Fsp3) is 1.00. The van der Waals surface area contributed by atoms with Crippen molar-refractivity contribution in [3.05, 3.63) is 0 Å². The van der Waals surface area contributed by atoms with E-state index in [1.54, 1.807) is 0 Å². The summed E-state index contributed by atoms with van der Waals surface area (Å²) in [6.45, 7) is 1.32. The summed E-state index contributed by atoms with van der Waals surface area (Å²) in [5.74, 6) is -1.16. The lowest BCUT2D eigenvalue weighted by Crippen LogP contribution is -2.24. The van der Waals surface area contributed by atoms with Gasteiger partial charge >= 0.3 is 6.18 Å². The summed E-state index contributed by atoms with van der Waals surface area (Å²) >= 11 is 0. The lowest BCUT2D eigenvalue weighted by Gasteiger charge is -2.07. The molecule has 64 valence electrons. The molecule has 11 heavy (non-hydrogen) atoms. The second kappa shape index (κ2) is 2.12. The van der Waals surface area contributed by atoms with Crippen LogP contribution in [-0.4, -0.2) is 19.3 Å². The molecule has 0 bridgehead atoms. The topological polar surface area (TPSA) is 12.0 Å². The van der Waals surface area contributed by atoms with E-state index in [1.807, 2.05) is 0 Å². The molecule has 0 unspecified atom stereocenters. The fourth-order valence-corrected chi connectivity index (χ4v) is 2.14. The minimum Gasteiger partial charge on any atom is -0.316 e. The molecule has 4 heteroatoms. The molecule has 0 amide bonds. The highest BCUT2D eigenvalue weighted by Gasteiger charge is 2.63. The molecule has 1 heterocycles. The van der Waals surface area contributed by atoms with Crippen LogP contribution in [0.2, 0.25) is 0 Å². The first-order valence-corrected chi connectivity index (χ1v) is 3.88. The Bertz CT molecular complexity index is 154. The lowest BCUT2D eigenvalue weighted by atomic mass is 10.2. The van der Waals surface area contributed by atoms with Crippen LogP contribution in [0.25, 0.3) is 0 Å². The van der Waals surface area contributed by atoms with E-state index in [1.165, 1.54) is 0 Å². The first-order chi connectivity index (χ1) is 5.11. The van der Waals surface area contributed by atoms with Crippen LogP contribution in [0.1, 0.15) is 6.42 Å². The molecule has 3 atom stereocenters. The van der Waals surface area contributed by atoms with E-state index in [9.17, 15) is 13.2 Å². The summed E-state index contributed by atoms with van der Waals surface area (Å²) in [5.41, 5.74) is 0. The minimum absolute atomic E-state index is 0.0590. The summed E-state index contributed by atoms with van der Waals surface area (Å²) in [6, 6.07) is 0. The van der Waals surface area contributed by atoms with Gasteiger partial charge < -0.3 is 5.32 Å². The molecule has 2 rings (SSSR count). The molecular formula is C7H10F3N. The average Bonchev–Trinajstić information content (AvgIpc) is 2.58. The van der Waals surface area contributed by atoms with Crippen LogP contribution in [0.4, 0.5) is 13.2 Å². The second-order valence-electron chi connectivity index (χ2n) is 3.39. The normalized spacial score (nSPS) is 43.4. The minimum atomic E-state index is -3.94. The highest BCUT2D eigenvalue weighted by molar-refractivity contribution is 5.04. The zero-order valence-electron chi connectivity index (χ0n) is 5.99. The predicted octanol–water partition coefficient (Wildman–Crippen LogP) is 1.40. The summed E-state index contributed by atoms with van der Waals surface area (Å²) in [4.78, 5) is 0. The van der Waals surface area contributed by atoms with E-state index in [2.05, 4.69) is 5.32 Å². The SMILES string of the molecule is FC(F)(F)[C@@H]1[C@@H]2CCNC[C@H]21. The smallest absolute Gasteiger partial charge is 0.316 e. The summed E-state index contributed by atoms with van der Waals surface area (Å²) in [6.07, 6.45) is -3.24. The maximum absolute atomic E-state index is 12.1. The van der Waals surface area contributed by atoms with E-state index in [4.69, 9.17) is 0 Å². The number of halogens is 3. The van der Waals surface area contributed by atoms with Gasteiger partial charge in [-0.3, -0.25) is 0 Å². The van der Waals surface area contributed by atoms with Gasteiger partial charge in [-0.15, -0.1) is 0 Å². The molecule has 1 saturated heterocycles. The van der Waals surface area contributed by atoms with Crippen molar-refractivity contribution >= 4 is 0 Å². The van der Waals surface area contributed by atoms with Gasteiger partial charge in [0, 0.05) is 0 Å². The van der Waals surface area contributed by atoms with Gasteiger partial charge in [-0.1, -0.05) is 0 Å². The van der Waals surface area contributed by atoms with Crippen molar-refractivity contribution in [1.82, 2.24) is 5.32 Å². The van der Waals surface area contributed by atoms with E-state index in [0.717, 1.165) is 6.54 Å². The highest BCUT2D eigenvalue weighted by atomic mass is 19.4. The monoisotopic (exact) mass is 165 g/mol. The third-order valence-corrected chi connectivity index (χ3v) is 2.74. The van der Waals surface area contributed by atoms with Gasteiger partial charge in [0.25, 0.3) is 0 Å². The van der Waals surface area contributed by atoms with Crippen molar-refractivity contribution in [2.75, 3.05) is 13.1 Å². The van der Waals surface area contributed by atoms with Crippen LogP contribution in [-0.2, 0) is 0 Å². The quantitative estimate of drug-likeness (QED) is 0.572. The van der Waals surface area contributed by atoms with E-state index in [0.29, 0.717) is 13.0 Å². The molecular weight excluding hydrogens is 155 g/mol. The summed E-state index contributed by atoms with van der Waals surface area (Å²) in [5, 5.41) is 2.98. The Morgan fingerprint density at radius 2 is 1.91 bits per heavy atom. The molecule has 1 N–H and O–H groups in total. The van der Waals surface area contributed by atoms with Crippen LogP contribution in [0.15, 0.2) is 0 Å². The molecule has 0 aromatic carbocycles. The Hall–Kier alpha value is -0.250. The van der Waals surface area contributed by atoms with Gasteiger partial charge in [0.15, 0.2) is 0 Å². The number of nitrogens with one attached hydrogen (secondary N) is 1. The first-order valence-electron chi connectivity index (χ1n) is 3.88. The van der Waals surface area contributed by atoms with Crippen LogP contribution in [0.3, 0.4) is 0 Å². The highest BCUT2D eigenvalue weighted by Crippen LogP contribution is 2.57. The third kappa shape index (κ3) is 1.13. The van der Waals surface area contributed by atoms with Crippen molar-refractivity contribution in [2.45, 2.75) is 12.6 Å². The van der Waals surface area contributed by atoms with E-state index < -0.39 is 12.1 Å². The summed E-state index contributed by atoms with van der Waals surface area (Å²) in [7, 11) is 0. The van der Waals surface area contributed by atoms with Crippen molar-refractivity contribution in [3.8, 4) is 0 Å². The average molecular weight is 165 g/mol. The van der Waals surface area contributed by atoms with Gasteiger partial charge in [0.05, 0.1) is 5.92 Å². The van der Waals surface area contributed by atoms with Gasteiger partial charge in [0.2, 0.25) is 0 Å².